The Kier molecular flexibility index (Phi) is 5.20. The summed E-state index contributed by atoms with van der Waals surface area (Å²) in [7, 11) is 0. The monoisotopic (exact) mass is 311 g/mol. The first kappa shape index (κ1) is 15.8. The highest BCUT2D eigenvalue weighted by Crippen LogP contribution is 2.19. The Bertz CT molecular complexity index is 622. The molecule has 0 spiro atoms. The number of fused-ring (bicyclic) bond motifs is 1. The van der Waals surface area contributed by atoms with Gasteiger partial charge in [0, 0.05) is 23.6 Å². The SMILES string of the molecule is Cl.O=C(NCCc1c[nH]c2cc(F)ccc12)C1CCCN1. The molecule has 1 fully saturated rings. The van der Waals surface area contributed by atoms with E-state index in [2.05, 4.69) is 15.6 Å². The summed E-state index contributed by atoms with van der Waals surface area (Å²) < 4.78 is 13.1. The molecule has 1 aromatic carbocycles. The van der Waals surface area contributed by atoms with E-state index in [-0.39, 0.29) is 30.2 Å². The molecule has 0 saturated carbocycles. The first-order valence-electron chi connectivity index (χ1n) is 7.00. The minimum atomic E-state index is -0.244. The Morgan fingerprint density at radius 2 is 2.29 bits per heavy atom. The van der Waals surface area contributed by atoms with Crippen LogP contribution in [0.4, 0.5) is 4.39 Å². The van der Waals surface area contributed by atoms with Gasteiger partial charge in [0.25, 0.3) is 0 Å². The van der Waals surface area contributed by atoms with Gasteiger partial charge < -0.3 is 15.6 Å². The van der Waals surface area contributed by atoms with Crippen LogP contribution in [0.1, 0.15) is 18.4 Å². The number of benzene rings is 1. The molecule has 2 aromatic rings. The molecule has 1 aromatic heterocycles. The molecule has 21 heavy (non-hydrogen) atoms. The predicted octanol–water partition coefficient (Wildman–Crippen LogP) is 2.14. The largest absolute Gasteiger partial charge is 0.361 e. The zero-order valence-corrected chi connectivity index (χ0v) is 12.4. The fourth-order valence-corrected chi connectivity index (χ4v) is 2.72. The molecule has 1 atom stereocenters. The molecule has 3 N–H and O–H groups in total. The summed E-state index contributed by atoms with van der Waals surface area (Å²) in [6, 6.07) is 4.68. The standard InChI is InChI=1S/C15H18FN3O.ClH/c16-11-3-4-12-10(9-19-14(12)8-11)5-7-18-15(20)13-2-1-6-17-13;/h3-4,8-9,13,17,19H,1-2,5-7H2,(H,18,20);1H. The lowest BCUT2D eigenvalue weighted by molar-refractivity contribution is -0.122. The smallest absolute Gasteiger partial charge is 0.237 e. The summed E-state index contributed by atoms with van der Waals surface area (Å²) >= 11 is 0. The molecule has 114 valence electrons. The number of rotatable bonds is 4. The van der Waals surface area contributed by atoms with Crippen LogP contribution in [0.2, 0.25) is 0 Å². The van der Waals surface area contributed by atoms with Gasteiger partial charge in [0.2, 0.25) is 5.91 Å². The van der Waals surface area contributed by atoms with E-state index in [4.69, 9.17) is 0 Å². The quantitative estimate of drug-likeness (QED) is 0.810. The highest BCUT2D eigenvalue weighted by molar-refractivity contribution is 5.85. The van der Waals surface area contributed by atoms with Crippen molar-refractivity contribution in [2.75, 3.05) is 13.1 Å². The van der Waals surface area contributed by atoms with E-state index in [9.17, 15) is 9.18 Å². The number of aromatic amines is 1. The Balaban J connectivity index is 0.00000161. The average Bonchev–Trinajstić information content (AvgIpc) is 3.08. The van der Waals surface area contributed by atoms with Gasteiger partial charge in [-0.3, -0.25) is 4.79 Å². The topological polar surface area (TPSA) is 56.9 Å². The van der Waals surface area contributed by atoms with Crippen molar-refractivity contribution in [3.05, 3.63) is 35.8 Å². The van der Waals surface area contributed by atoms with Gasteiger partial charge in [-0.25, -0.2) is 4.39 Å². The van der Waals surface area contributed by atoms with Crippen LogP contribution in [0.5, 0.6) is 0 Å². The number of carbonyl (C=O) groups is 1. The van der Waals surface area contributed by atoms with Gasteiger partial charge in [0.1, 0.15) is 5.82 Å². The number of aromatic nitrogens is 1. The van der Waals surface area contributed by atoms with E-state index in [0.29, 0.717) is 6.54 Å². The van der Waals surface area contributed by atoms with E-state index in [1.807, 2.05) is 6.20 Å². The summed E-state index contributed by atoms with van der Waals surface area (Å²) in [6.45, 7) is 1.52. The van der Waals surface area contributed by atoms with E-state index in [1.165, 1.54) is 12.1 Å². The molecule has 0 aliphatic carbocycles. The van der Waals surface area contributed by atoms with Gasteiger partial charge in [0.05, 0.1) is 6.04 Å². The third kappa shape index (κ3) is 3.54. The number of carbonyl (C=O) groups excluding carboxylic acids is 1. The van der Waals surface area contributed by atoms with Gasteiger partial charge in [-0.15, -0.1) is 12.4 Å². The van der Waals surface area contributed by atoms with E-state index in [0.717, 1.165) is 42.3 Å². The second-order valence-corrected chi connectivity index (χ2v) is 5.19. The Hall–Kier alpha value is -1.59. The van der Waals surface area contributed by atoms with Crippen molar-refractivity contribution >= 4 is 29.2 Å². The van der Waals surface area contributed by atoms with Crippen LogP contribution in [0.15, 0.2) is 24.4 Å². The van der Waals surface area contributed by atoms with Crippen molar-refractivity contribution in [1.82, 2.24) is 15.6 Å². The molecule has 1 amide bonds. The number of halogens is 2. The second-order valence-electron chi connectivity index (χ2n) is 5.19. The lowest BCUT2D eigenvalue weighted by atomic mass is 10.1. The molecule has 1 saturated heterocycles. The van der Waals surface area contributed by atoms with Crippen molar-refractivity contribution in [3.8, 4) is 0 Å². The highest BCUT2D eigenvalue weighted by Gasteiger charge is 2.21. The van der Waals surface area contributed by atoms with Crippen LogP contribution in [-0.4, -0.2) is 30.0 Å². The molecule has 0 bridgehead atoms. The summed E-state index contributed by atoms with van der Waals surface area (Å²) in [5.41, 5.74) is 1.89. The zero-order chi connectivity index (χ0) is 13.9. The number of H-pyrrole nitrogens is 1. The molecular weight excluding hydrogens is 293 g/mol. The summed E-state index contributed by atoms with van der Waals surface area (Å²) in [5.74, 6) is -0.167. The maximum Gasteiger partial charge on any atom is 0.237 e. The molecular formula is C15H19ClFN3O. The van der Waals surface area contributed by atoms with Crippen molar-refractivity contribution in [1.29, 1.82) is 0 Å². The first-order chi connectivity index (χ1) is 9.74. The van der Waals surface area contributed by atoms with Crippen molar-refractivity contribution in [2.24, 2.45) is 0 Å². The molecule has 1 aliphatic rings. The summed E-state index contributed by atoms with van der Waals surface area (Å²) in [5, 5.41) is 7.14. The van der Waals surface area contributed by atoms with Gasteiger partial charge in [0.15, 0.2) is 0 Å². The van der Waals surface area contributed by atoms with Crippen molar-refractivity contribution in [3.63, 3.8) is 0 Å². The fraction of sp³-hybridized carbons (Fsp3) is 0.400. The molecule has 4 nitrogen and oxygen atoms in total. The molecule has 3 rings (SSSR count). The predicted molar refractivity (Wildman–Crippen MR) is 83.2 cm³/mol. The summed E-state index contributed by atoms with van der Waals surface area (Å²) in [6.07, 6.45) is 4.60. The van der Waals surface area contributed by atoms with Crippen LogP contribution in [-0.2, 0) is 11.2 Å². The van der Waals surface area contributed by atoms with Crippen LogP contribution < -0.4 is 10.6 Å². The zero-order valence-electron chi connectivity index (χ0n) is 11.6. The van der Waals surface area contributed by atoms with E-state index in [1.54, 1.807) is 6.07 Å². The Labute approximate surface area is 128 Å². The van der Waals surface area contributed by atoms with E-state index < -0.39 is 0 Å². The Morgan fingerprint density at radius 3 is 3.05 bits per heavy atom. The third-order valence-electron chi connectivity index (χ3n) is 3.80. The van der Waals surface area contributed by atoms with Gasteiger partial charge in [-0.2, -0.15) is 0 Å². The summed E-state index contributed by atoms with van der Waals surface area (Å²) in [4.78, 5) is 14.9. The minimum Gasteiger partial charge on any atom is -0.361 e. The molecule has 2 heterocycles. The van der Waals surface area contributed by atoms with Crippen LogP contribution >= 0.6 is 12.4 Å². The second kappa shape index (κ2) is 6.91. The van der Waals surface area contributed by atoms with E-state index >= 15 is 0 Å². The third-order valence-corrected chi connectivity index (χ3v) is 3.80. The van der Waals surface area contributed by atoms with Gasteiger partial charge in [-0.05, 0) is 49.6 Å². The lowest BCUT2D eigenvalue weighted by Crippen LogP contribution is -2.41. The Morgan fingerprint density at radius 1 is 1.43 bits per heavy atom. The van der Waals surface area contributed by atoms with Crippen molar-refractivity contribution < 1.29 is 9.18 Å². The maximum atomic E-state index is 13.1. The number of hydrogen-bond acceptors (Lipinski definition) is 2. The fourth-order valence-electron chi connectivity index (χ4n) is 2.72. The van der Waals surface area contributed by atoms with Crippen LogP contribution in [0, 0.1) is 5.82 Å². The molecule has 0 radical (unpaired) electrons. The van der Waals surface area contributed by atoms with Crippen LogP contribution in [0.25, 0.3) is 10.9 Å². The molecule has 1 aliphatic heterocycles. The normalized spacial score (nSPS) is 17.7. The van der Waals surface area contributed by atoms with Crippen LogP contribution in [0.3, 0.4) is 0 Å². The lowest BCUT2D eigenvalue weighted by Gasteiger charge is -2.10. The number of nitrogens with one attached hydrogen (secondary N) is 3. The first-order valence-corrected chi connectivity index (χ1v) is 7.00. The minimum absolute atomic E-state index is 0. The maximum absolute atomic E-state index is 13.1. The molecule has 6 heteroatoms. The van der Waals surface area contributed by atoms with Gasteiger partial charge >= 0.3 is 0 Å². The molecule has 1 unspecified atom stereocenters. The highest BCUT2D eigenvalue weighted by atomic mass is 35.5. The van der Waals surface area contributed by atoms with Crippen molar-refractivity contribution in [2.45, 2.75) is 25.3 Å². The number of hydrogen-bond donors (Lipinski definition) is 3. The average molecular weight is 312 g/mol. The number of amides is 1. The van der Waals surface area contributed by atoms with Gasteiger partial charge in [-0.1, -0.05) is 0 Å².